The molecule has 0 aliphatic carbocycles. The van der Waals surface area contributed by atoms with Crippen molar-refractivity contribution >= 4 is 34.9 Å². The van der Waals surface area contributed by atoms with Crippen molar-refractivity contribution in [3.8, 4) is 5.69 Å². The summed E-state index contributed by atoms with van der Waals surface area (Å²) in [6.07, 6.45) is 1.42. The quantitative estimate of drug-likeness (QED) is 0.296. The standard InChI is InChI=1S/C25H21N9O3/c1-25(17-6-5-9-21(14-17)34-16-26-31-32-34)23(36)33(24(37)28-25)15-22(35)27-18-10-12-20(13-11-18)30-29-19-7-3-2-4-8-19/h2-14,16H,15H2,1H3,(H,27,35)(H,28,37)/t25-/m1/s1. The van der Waals surface area contributed by atoms with Gasteiger partial charge in [0.05, 0.1) is 17.1 Å². The topological polar surface area (TPSA) is 147 Å². The summed E-state index contributed by atoms with van der Waals surface area (Å²) < 4.78 is 1.44. The fourth-order valence-corrected chi connectivity index (χ4v) is 3.84. The molecule has 3 aromatic carbocycles. The van der Waals surface area contributed by atoms with E-state index >= 15 is 0 Å². The van der Waals surface area contributed by atoms with Gasteiger partial charge in [-0.2, -0.15) is 10.2 Å². The van der Waals surface area contributed by atoms with E-state index in [-0.39, 0.29) is 0 Å². The lowest BCUT2D eigenvalue weighted by Gasteiger charge is -2.22. The van der Waals surface area contributed by atoms with Crippen LogP contribution in [0.1, 0.15) is 12.5 Å². The zero-order chi connectivity index (χ0) is 25.8. The van der Waals surface area contributed by atoms with Gasteiger partial charge < -0.3 is 10.6 Å². The zero-order valence-electron chi connectivity index (χ0n) is 19.6. The monoisotopic (exact) mass is 495 g/mol. The van der Waals surface area contributed by atoms with E-state index in [0.717, 1.165) is 10.6 Å². The number of amides is 4. The van der Waals surface area contributed by atoms with Crippen LogP contribution >= 0.6 is 0 Å². The van der Waals surface area contributed by atoms with E-state index in [1.807, 2.05) is 30.3 Å². The first-order valence-electron chi connectivity index (χ1n) is 11.3. The van der Waals surface area contributed by atoms with Gasteiger partial charge in [-0.25, -0.2) is 9.48 Å². The number of aromatic nitrogens is 4. The van der Waals surface area contributed by atoms with Gasteiger partial charge in [0.15, 0.2) is 0 Å². The van der Waals surface area contributed by atoms with Gasteiger partial charge in [0.2, 0.25) is 5.91 Å². The number of carbonyl (C=O) groups is 3. The molecule has 4 amide bonds. The Kier molecular flexibility index (Phi) is 6.20. The number of rotatable bonds is 7. The molecule has 12 nitrogen and oxygen atoms in total. The first-order chi connectivity index (χ1) is 17.9. The van der Waals surface area contributed by atoms with Crippen molar-refractivity contribution in [3.05, 3.63) is 90.8 Å². The largest absolute Gasteiger partial charge is 0.325 e. The van der Waals surface area contributed by atoms with Crippen LogP contribution in [0.5, 0.6) is 0 Å². The lowest BCUT2D eigenvalue weighted by Crippen LogP contribution is -2.42. The lowest BCUT2D eigenvalue weighted by atomic mass is 9.91. The summed E-state index contributed by atoms with van der Waals surface area (Å²) in [4.78, 5) is 39.5. The Labute approximate surface area is 211 Å². The average molecular weight is 496 g/mol. The van der Waals surface area contributed by atoms with E-state index in [2.05, 4.69) is 36.4 Å². The molecule has 5 rings (SSSR count). The van der Waals surface area contributed by atoms with E-state index < -0.39 is 29.9 Å². The molecular formula is C25H21N9O3. The van der Waals surface area contributed by atoms with Crippen molar-refractivity contribution < 1.29 is 14.4 Å². The molecule has 2 N–H and O–H groups in total. The van der Waals surface area contributed by atoms with Gasteiger partial charge in [-0.1, -0.05) is 30.3 Å². The number of carbonyl (C=O) groups excluding carboxylic acids is 3. The molecule has 1 aliphatic rings. The molecule has 37 heavy (non-hydrogen) atoms. The number of nitrogens with one attached hydrogen (secondary N) is 2. The predicted octanol–water partition coefficient (Wildman–Crippen LogP) is 3.48. The highest BCUT2D eigenvalue weighted by atomic mass is 16.2. The maximum atomic E-state index is 13.3. The Morgan fingerprint density at radius 2 is 1.70 bits per heavy atom. The molecule has 2 heterocycles. The molecule has 1 aromatic heterocycles. The molecule has 0 radical (unpaired) electrons. The summed E-state index contributed by atoms with van der Waals surface area (Å²) in [6, 6.07) is 22.3. The van der Waals surface area contributed by atoms with Crippen LogP contribution in [0.15, 0.2) is 95.4 Å². The van der Waals surface area contributed by atoms with E-state index in [0.29, 0.717) is 22.6 Å². The maximum absolute atomic E-state index is 13.3. The molecule has 1 atom stereocenters. The van der Waals surface area contributed by atoms with Crippen LogP contribution in [0.4, 0.5) is 21.9 Å². The minimum absolute atomic E-state index is 0.442. The van der Waals surface area contributed by atoms with Crippen molar-refractivity contribution in [1.82, 2.24) is 30.4 Å². The van der Waals surface area contributed by atoms with Crippen LogP contribution in [-0.4, -0.2) is 49.5 Å². The van der Waals surface area contributed by atoms with Crippen LogP contribution in [-0.2, 0) is 15.1 Å². The molecule has 4 aromatic rings. The molecule has 0 unspecified atom stereocenters. The van der Waals surface area contributed by atoms with Crippen LogP contribution in [0.3, 0.4) is 0 Å². The smallest absolute Gasteiger partial charge is 0.325 e. The second-order valence-corrected chi connectivity index (χ2v) is 8.38. The number of hydrogen-bond acceptors (Lipinski definition) is 8. The summed E-state index contributed by atoms with van der Waals surface area (Å²) in [5.41, 5.74) is 1.62. The number of hydrogen-bond donors (Lipinski definition) is 2. The third-order valence-corrected chi connectivity index (χ3v) is 5.80. The fourth-order valence-electron chi connectivity index (χ4n) is 3.84. The zero-order valence-corrected chi connectivity index (χ0v) is 19.6. The molecule has 1 fully saturated rings. The first-order valence-corrected chi connectivity index (χ1v) is 11.3. The van der Waals surface area contributed by atoms with Crippen LogP contribution in [0, 0.1) is 0 Å². The summed E-state index contributed by atoms with van der Waals surface area (Å²) in [5, 5.41) is 24.8. The summed E-state index contributed by atoms with van der Waals surface area (Å²) >= 11 is 0. The van der Waals surface area contributed by atoms with E-state index in [1.165, 1.54) is 11.0 Å². The van der Waals surface area contributed by atoms with Crippen LogP contribution < -0.4 is 10.6 Å². The minimum atomic E-state index is -1.35. The van der Waals surface area contributed by atoms with Gasteiger partial charge in [0, 0.05) is 5.69 Å². The Morgan fingerprint density at radius 1 is 0.973 bits per heavy atom. The average Bonchev–Trinajstić information content (AvgIpc) is 3.53. The maximum Gasteiger partial charge on any atom is 0.325 e. The summed E-state index contributed by atoms with van der Waals surface area (Å²) in [6.45, 7) is 1.15. The van der Waals surface area contributed by atoms with Crippen molar-refractivity contribution in [2.24, 2.45) is 10.2 Å². The van der Waals surface area contributed by atoms with E-state index in [1.54, 1.807) is 55.5 Å². The number of benzene rings is 3. The van der Waals surface area contributed by atoms with Crippen LogP contribution in [0.2, 0.25) is 0 Å². The predicted molar refractivity (Wildman–Crippen MR) is 132 cm³/mol. The molecule has 0 saturated carbocycles. The summed E-state index contributed by atoms with van der Waals surface area (Å²) in [5.74, 6) is -1.06. The van der Waals surface area contributed by atoms with E-state index in [9.17, 15) is 14.4 Å². The van der Waals surface area contributed by atoms with Gasteiger partial charge in [0.1, 0.15) is 18.4 Å². The number of urea groups is 1. The van der Waals surface area contributed by atoms with Crippen molar-refractivity contribution in [1.29, 1.82) is 0 Å². The molecule has 1 aliphatic heterocycles. The van der Waals surface area contributed by atoms with Gasteiger partial charge in [-0.3, -0.25) is 14.5 Å². The Hall–Kier alpha value is -5.26. The Balaban J connectivity index is 1.24. The highest BCUT2D eigenvalue weighted by Gasteiger charge is 2.49. The first kappa shape index (κ1) is 23.5. The normalized spacial score (nSPS) is 17.3. The molecule has 184 valence electrons. The van der Waals surface area contributed by atoms with Gasteiger partial charge in [-0.15, -0.1) is 5.10 Å². The number of anilines is 1. The molecular weight excluding hydrogens is 474 g/mol. The lowest BCUT2D eigenvalue weighted by molar-refractivity contribution is -0.133. The van der Waals surface area contributed by atoms with E-state index in [4.69, 9.17) is 0 Å². The number of imide groups is 1. The second-order valence-electron chi connectivity index (χ2n) is 8.38. The molecule has 0 bridgehead atoms. The van der Waals surface area contributed by atoms with Gasteiger partial charge in [-0.05, 0) is 71.4 Å². The molecule has 12 heteroatoms. The molecule has 0 spiro atoms. The third kappa shape index (κ3) is 4.93. The highest BCUT2D eigenvalue weighted by molar-refractivity contribution is 6.10. The SMILES string of the molecule is C[C@]1(c2cccc(-n3cnnn3)c2)NC(=O)N(CC(=O)Nc2ccc(N=Nc3ccccc3)cc2)C1=O. The van der Waals surface area contributed by atoms with Crippen molar-refractivity contribution in [3.63, 3.8) is 0 Å². The van der Waals surface area contributed by atoms with Gasteiger partial charge in [0.25, 0.3) is 5.91 Å². The van der Waals surface area contributed by atoms with Gasteiger partial charge >= 0.3 is 6.03 Å². The number of nitrogens with zero attached hydrogens (tertiary/aromatic N) is 7. The fraction of sp³-hybridized carbons (Fsp3) is 0.120. The number of tetrazole rings is 1. The minimum Gasteiger partial charge on any atom is -0.325 e. The number of azo groups is 1. The van der Waals surface area contributed by atoms with Crippen molar-refractivity contribution in [2.75, 3.05) is 11.9 Å². The second kappa shape index (κ2) is 9.77. The Morgan fingerprint density at radius 3 is 2.41 bits per heavy atom. The third-order valence-electron chi connectivity index (χ3n) is 5.80. The summed E-state index contributed by atoms with van der Waals surface area (Å²) in [7, 11) is 0. The van der Waals surface area contributed by atoms with Crippen molar-refractivity contribution in [2.45, 2.75) is 12.5 Å². The molecule has 1 saturated heterocycles. The highest BCUT2D eigenvalue weighted by Crippen LogP contribution is 2.30. The van der Waals surface area contributed by atoms with Crippen LogP contribution in [0.25, 0.3) is 5.69 Å². The Bertz CT molecular complexity index is 1470.